The van der Waals surface area contributed by atoms with Crippen molar-refractivity contribution in [1.29, 1.82) is 0 Å². The third kappa shape index (κ3) is 4.52. The largest absolute Gasteiger partial charge is 0.492 e. The molecule has 0 radical (unpaired) electrons. The summed E-state index contributed by atoms with van der Waals surface area (Å²) in [6.45, 7) is 2.14. The lowest BCUT2D eigenvalue weighted by atomic mass is 9.99. The lowest BCUT2D eigenvalue weighted by Crippen LogP contribution is -2.36. The monoisotopic (exact) mass is 267 g/mol. The summed E-state index contributed by atoms with van der Waals surface area (Å²) < 4.78 is 23.3. The molecule has 1 amide bonds. The smallest absolute Gasteiger partial charge is 0.223 e. The Kier molecular flexibility index (Phi) is 5.15. The minimum atomic E-state index is -0.292. The van der Waals surface area contributed by atoms with E-state index in [-0.39, 0.29) is 17.6 Å². The van der Waals surface area contributed by atoms with Gasteiger partial charge in [-0.25, -0.2) is 4.39 Å². The normalized spacial score (nSPS) is 16.1. The minimum absolute atomic E-state index is 0.0552. The van der Waals surface area contributed by atoms with Crippen LogP contribution in [0.4, 0.5) is 4.39 Å². The first kappa shape index (κ1) is 13.8. The van der Waals surface area contributed by atoms with E-state index in [9.17, 15) is 9.18 Å². The van der Waals surface area contributed by atoms with E-state index in [0.29, 0.717) is 32.1 Å². The van der Waals surface area contributed by atoms with E-state index in [1.54, 1.807) is 12.1 Å². The van der Waals surface area contributed by atoms with Gasteiger partial charge in [0.1, 0.15) is 18.2 Å². The molecular formula is C14H18FNO3. The molecule has 0 spiro atoms. The summed E-state index contributed by atoms with van der Waals surface area (Å²) in [5.41, 5.74) is 0. The van der Waals surface area contributed by atoms with Crippen LogP contribution in [0.1, 0.15) is 12.8 Å². The van der Waals surface area contributed by atoms with Crippen molar-refractivity contribution >= 4 is 5.91 Å². The first-order valence-corrected chi connectivity index (χ1v) is 6.49. The molecular weight excluding hydrogens is 249 g/mol. The lowest BCUT2D eigenvalue weighted by molar-refractivity contribution is -0.127. The SMILES string of the molecule is O=C(NCCOc1ccc(F)cc1)C1CCOCC1. The van der Waals surface area contributed by atoms with Crippen molar-refractivity contribution in [2.75, 3.05) is 26.4 Å². The summed E-state index contributed by atoms with van der Waals surface area (Å²) in [6, 6.07) is 5.82. The lowest BCUT2D eigenvalue weighted by Gasteiger charge is -2.21. The highest BCUT2D eigenvalue weighted by atomic mass is 19.1. The predicted molar refractivity (Wildman–Crippen MR) is 68.4 cm³/mol. The summed E-state index contributed by atoms with van der Waals surface area (Å²) in [7, 11) is 0. The first-order valence-electron chi connectivity index (χ1n) is 6.49. The summed E-state index contributed by atoms with van der Waals surface area (Å²) in [5.74, 6) is 0.424. The van der Waals surface area contributed by atoms with Crippen molar-refractivity contribution < 1.29 is 18.7 Å². The highest BCUT2D eigenvalue weighted by molar-refractivity contribution is 5.78. The molecule has 0 saturated carbocycles. The number of carbonyl (C=O) groups excluding carboxylic acids is 1. The van der Waals surface area contributed by atoms with Gasteiger partial charge in [-0.1, -0.05) is 0 Å². The number of rotatable bonds is 5. The van der Waals surface area contributed by atoms with Gasteiger partial charge < -0.3 is 14.8 Å². The quantitative estimate of drug-likeness (QED) is 0.827. The molecule has 1 saturated heterocycles. The Hall–Kier alpha value is -1.62. The average molecular weight is 267 g/mol. The summed E-state index contributed by atoms with van der Waals surface area (Å²) in [5, 5.41) is 2.84. The first-order chi connectivity index (χ1) is 9.25. The fourth-order valence-corrected chi connectivity index (χ4v) is 1.98. The molecule has 0 aliphatic carbocycles. The Balaban J connectivity index is 1.63. The molecule has 1 aliphatic rings. The Morgan fingerprint density at radius 2 is 2.00 bits per heavy atom. The maximum Gasteiger partial charge on any atom is 0.223 e. The van der Waals surface area contributed by atoms with Crippen molar-refractivity contribution in [3.05, 3.63) is 30.1 Å². The molecule has 4 nitrogen and oxygen atoms in total. The van der Waals surface area contributed by atoms with Crippen molar-refractivity contribution in [2.45, 2.75) is 12.8 Å². The maximum absolute atomic E-state index is 12.7. The van der Waals surface area contributed by atoms with Crippen LogP contribution in [0, 0.1) is 11.7 Å². The number of halogens is 1. The molecule has 19 heavy (non-hydrogen) atoms. The zero-order valence-electron chi connectivity index (χ0n) is 10.7. The van der Waals surface area contributed by atoms with Crippen molar-refractivity contribution in [3.8, 4) is 5.75 Å². The van der Waals surface area contributed by atoms with Gasteiger partial charge in [-0.15, -0.1) is 0 Å². The number of hydrogen-bond acceptors (Lipinski definition) is 3. The molecule has 5 heteroatoms. The van der Waals surface area contributed by atoms with Gasteiger partial charge in [0.15, 0.2) is 0 Å². The number of benzene rings is 1. The van der Waals surface area contributed by atoms with E-state index in [1.807, 2.05) is 0 Å². The van der Waals surface area contributed by atoms with E-state index in [2.05, 4.69) is 5.32 Å². The van der Waals surface area contributed by atoms with E-state index < -0.39 is 0 Å². The molecule has 1 N–H and O–H groups in total. The van der Waals surface area contributed by atoms with Gasteiger partial charge >= 0.3 is 0 Å². The molecule has 0 bridgehead atoms. The standard InChI is InChI=1S/C14H18FNO3/c15-12-1-3-13(4-2-12)19-10-7-16-14(17)11-5-8-18-9-6-11/h1-4,11H,5-10H2,(H,16,17). The Labute approximate surface area is 111 Å². The molecule has 1 aliphatic heterocycles. The van der Waals surface area contributed by atoms with Crippen LogP contribution < -0.4 is 10.1 Å². The fourth-order valence-electron chi connectivity index (χ4n) is 1.98. The van der Waals surface area contributed by atoms with E-state index in [4.69, 9.17) is 9.47 Å². The maximum atomic E-state index is 12.7. The summed E-state index contributed by atoms with van der Waals surface area (Å²) >= 11 is 0. The number of amides is 1. The molecule has 1 fully saturated rings. The second kappa shape index (κ2) is 7.09. The molecule has 2 rings (SSSR count). The number of carbonyl (C=O) groups is 1. The predicted octanol–water partition coefficient (Wildman–Crippen LogP) is 1.75. The minimum Gasteiger partial charge on any atom is -0.492 e. The van der Waals surface area contributed by atoms with Gasteiger partial charge in [-0.2, -0.15) is 0 Å². The van der Waals surface area contributed by atoms with Crippen LogP contribution in [0.25, 0.3) is 0 Å². The van der Waals surface area contributed by atoms with Gasteiger partial charge in [0.05, 0.1) is 6.54 Å². The van der Waals surface area contributed by atoms with Crippen LogP contribution in [0.5, 0.6) is 5.75 Å². The second-order valence-electron chi connectivity index (χ2n) is 4.48. The Bertz CT molecular complexity index is 402. The van der Waals surface area contributed by atoms with E-state index in [0.717, 1.165) is 12.8 Å². The van der Waals surface area contributed by atoms with Gasteiger partial charge in [0, 0.05) is 19.1 Å². The van der Waals surface area contributed by atoms with Gasteiger partial charge in [0.25, 0.3) is 0 Å². The summed E-state index contributed by atoms with van der Waals surface area (Å²) in [4.78, 5) is 11.8. The molecule has 0 aromatic heterocycles. The number of nitrogens with one attached hydrogen (secondary N) is 1. The average Bonchev–Trinajstić information content (AvgIpc) is 2.46. The second-order valence-corrected chi connectivity index (χ2v) is 4.48. The Morgan fingerprint density at radius 3 is 2.68 bits per heavy atom. The van der Waals surface area contributed by atoms with Crippen molar-refractivity contribution in [1.82, 2.24) is 5.32 Å². The van der Waals surface area contributed by atoms with Gasteiger partial charge in [-0.05, 0) is 37.1 Å². The van der Waals surface area contributed by atoms with Crippen LogP contribution in [-0.2, 0) is 9.53 Å². The number of hydrogen-bond donors (Lipinski definition) is 1. The molecule has 0 unspecified atom stereocenters. The summed E-state index contributed by atoms with van der Waals surface area (Å²) in [6.07, 6.45) is 1.56. The van der Waals surface area contributed by atoms with Gasteiger partial charge in [0.2, 0.25) is 5.91 Å². The topological polar surface area (TPSA) is 47.6 Å². The zero-order valence-corrected chi connectivity index (χ0v) is 10.7. The molecule has 104 valence electrons. The van der Waals surface area contributed by atoms with Crippen LogP contribution in [0.3, 0.4) is 0 Å². The zero-order chi connectivity index (χ0) is 13.5. The van der Waals surface area contributed by atoms with Crippen molar-refractivity contribution in [2.24, 2.45) is 5.92 Å². The van der Waals surface area contributed by atoms with E-state index in [1.165, 1.54) is 12.1 Å². The van der Waals surface area contributed by atoms with Crippen LogP contribution >= 0.6 is 0 Å². The molecule has 1 aromatic carbocycles. The Morgan fingerprint density at radius 1 is 1.32 bits per heavy atom. The molecule has 1 aromatic rings. The highest BCUT2D eigenvalue weighted by Crippen LogP contribution is 2.14. The van der Waals surface area contributed by atoms with Crippen LogP contribution in [0.2, 0.25) is 0 Å². The number of ether oxygens (including phenoxy) is 2. The third-order valence-corrected chi connectivity index (χ3v) is 3.08. The fraction of sp³-hybridized carbons (Fsp3) is 0.500. The van der Waals surface area contributed by atoms with E-state index >= 15 is 0 Å². The van der Waals surface area contributed by atoms with Crippen LogP contribution in [0.15, 0.2) is 24.3 Å². The van der Waals surface area contributed by atoms with Crippen LogP contribution in [-0.4, -0.2) is 32.3 Å². The van der Waals surface area contributed by atoms with Gasteiger partial charge in [-0.3, -0.25) is 4.79 Å². The third-order valence-electron chi connectivity index (χ3n) is 3.08. The van der Waals surface area contributed by atoms with Crippen molar-refractivity contribution in [3.63, 3.8) is 0 Å². The molecule has 1 heterocycles. The molecule has 0 atom stereocenters. The highest BCUT2D eigenvalue weighted by Gasteiger charge is 2.20.